The van der Waals surface area contributed by atoms with Crippen molar-refractivity contribution in [2.75, 3.05) is 5.75 Å². The predicted molar refractivity (Wildman–Crippen MR) is 87.6 cm³/mol. The van der Waals surface area contributed by atoms with Crippen LogP contribution in [-0.4, -0.2) is 5.75 Å². The SMILES string of the molecule is c1ccc2c(c1)SCCC2NCc1coc2ccccc12. The molecule has 1 aliphatic rings. The van der Waals surface area contributed by atoms with Crippen molar-refractivity contribution in [3.63, 3.8) is 0 Å². The summed E-state index contributed by atoms with van der Waals surface area (Å²) in [7, 11) is 0. The van der Waals surface area contributed by atoms with E-state index in [0.717, 1.165) is 12.1 Å². The first kappa shape index (κ1) is 13.0. The molecule has 0 saturated heterocycles. The predicted octanol–water partition coefficient (Wildman–Crippen LogP) is 4.76. The van der Waals surface area contributed by atoms with Gasteiger partial charge in [-0.3, -0.25) is 0 Å². The minimum absolute atomic E-state index is 0.441. The third-order valence-electron chi connectivity index (χ3n) is 4.06. The van der Waals surface area contributed by atoms with Crippen LogP contribution in [0.4, 0.5) is 0 Å². The Kier molecular flexibility index (Phi) is 3.45. The second-order valence-corrected chi connectivity index (χ2v) is 6.50. The minimum Gasteiger partial charge on any atom is -0.464 e. The summed E-state index contributed by atoms with van der Waals surface area (Å²) in [5.74, 6) is 1.18. The van der Waals surface area contributed by atoms with Gasteiger partial charge in [0, 0.05) is 28.4 Å². The molecule has 0 radical (unpaired) electrons. The maximum absolute atomic E-state index is 5.61. The first-order valence-corrected chi connectivity index (χ1v) is 8.30. The third kappa shape index (κ3) is 2.47. The summed E-state index contributed by atoms with van der Waals surface area (Å²) in [4.78, 5) is 1.42. The van der Waals surface area contributed by atoms with Gasteiger partial charge in [-0.05, 0) is 29.9 Å². The van der Waals surface area contributed by atoms with Crippen LogP contribution >= 0.6 is 11.8 Å². The number of rotatable bonds is 3. The summed E-state index contributed by atoms with van der Waals surface area (Å²) < 4.78 is 5.61. The van der Waals surface area contributed by atoms with Gasteiger partial charge in [0.1, 0.15) is 5.58 Å². The Bertz CT molecular complexity index is 765. The molecule has 2 aromatic carbocycles. The van der Waals surface area contributed by atoms with Gasteiger partial charge in [-0.15, -0.1) is 11.8 Å². The van der Waals surface area contributed by atoms with Crippen LogP contribution in [0.3, 0.4) is 0 Å². The van der Waals surface area contributed by atoms with E-state index in [-0.39, 0.29) is 0 Å². The molecule has 1 unspecified atom stereocenters. The van der Waals surface area contributed by atoms with Crippen molar-refractivity contribution in [2.24, 2.45) is 0 Å². The summed E-state index contributed by atoms with van der Waals surface area (Å²) >= 11 is 1.96. The fraction of sp³-hybridized carbons (Fsp3) is 0.222. The van der Waals surface area contributed by atoms with Crippen LogP contribution in [0.1, 0.15) is 23.6 Å². The van der Waals surface area contributed by atoms with Crippen molar-refractivity contribution in [3.05, 3.63) is 65.9 Å². The molecule has 0 amide bonds. The van der Waals surface area contributed by atoms with Crippen LogP contribution in [0.25, 0.3) is 11.0 Å². The fourth-order valence-electron chi connectivity index (χ4n) is 2.96. The molecule has 0 spiro atoms. The highest BCUT2D eigenvalue weighted by atomic mass is 32.2. The summed E-state index contributed by atoms with van der Waals surface area (Å²) in [5.41, 5.74) is 3.64. The molecule has 0 saturated carbocycles. The van der Waals surface area contributed by atoms with E-state index in [0.29, 0.717) is 6.04 Å². The molecule has 4 rings (SSSR count). The summed E-state index contributed by atoms with van der Waals surface area (Å²) in [6.07, 6.45) is 3.05. The zero-order chi connectivity index (χ0) is 14.1. The molecule has 0 fully saturated rings. The molecule has 3 heteroatoms. The highest BCUT2D eigenvalue weighted by molar-refractivity contribution is 7.99. The van der Waals surface area contributed by atoms with Gasteiger partial charge in [0.15, 0.2) is 0 Å². The first-order valence-electron chi connectivity index (χ1n) is 7.32. The smallest absolute Gasteiger partial charge is 0.134 e. The van der Waals surface area contributed by atoms with Crippen LogP contribution in [0.2, 0.25) is 0 Å². The molecule has 0 aliphatic carbocycles. The van der Waals surface area contributed by atoms with Crippen LogP contribution < -0.4 is 5.32 Å². The molecular weight excluding hydrogens is 278 g/mol. The average molecular weight is 295 g/mol. The lowest BCUT2D eigenvalue weighted by atomic mass is 10.0. The van der Waals surface area contributed by atoms with Crippen molar-refractivity contribution >= 4 is 22.7 Å². The van der Waals surface area contributed by atoms with Crippen LogP contribution in [0, 0.1) is 0 Å². The lowest BCUT2D eigenvalue weighted by molar-refractivity contribution is 0.507. The summed E-state index contributed by atoms with van der Waals surface area (Å²) in [6, 6.07) is 17.4. The van der Waals surface area contributed by atoms with Gasteiger partial charge >= 0.3 is 0 Å². The van der Waals surface area contributed by atoms with E-state index < -0.39 is 0 Å². The molecule has 0 bridgehead atoms. The van der Waals surface area contributed by atoms with Gasteiger partial charge in [-0.2, -0.15) is 0 Å². The maximum Gasteiger partial charge on any atom is 0.134 e. The molecule has 1 N–H and O–H groups in total. The number of benzene rings is 2. The molecule has 1 aliphatic heterocycles. The normalized spacial score (nSPS) is 17.8. The Morgan fingerprint density at radius 2 is 1.95 bits per heavy atom. The van der Waals surface area contributed by atoms with Gasteiger partial charge in [-0.1, -0.05) is 36.4 Å². The van der Waals surface area contributed by atoms with Crippen LogP contribution in [0.15, 0.2) is 64.1 Å². The molecule has 1 atom stereocenters. The Morgan fingerprint density at radius 3 is 2.95 bits per heavy atom. The number of fused-ring (bicyclic) bond motifs is 2. The minimum atomic E-state index is 0.441. The number of nitrogens with one attached hydrogen (secondary N) is 1. The number of hydrogen-bond acceptors (Lipinski definition) is 3. The van der Waals surface area contributed by atoms with Gasteiger partial charge in [0.05, 0.1) is 6.26 Å². The summed E-state index contributed by atoms with van der Waals surface area (Å²) in [5, 5.41) is 4.91. The van der Waals surface area contributed by atoms with Gasteiger partial charge in [0.25, 0.3) is 0 Å². The zero-order valence-corrected chi connectivity index (χ0v) is 12.5. The van der Waals surface area contributed by atoms with E-state index in [9.17, 15) is 0 Å². The molecule has 2 heterocycles. The molecule has 2 nitrogen and oxygen atoms in total. The third-order valence-corrected chi connectivity index (χ3v) is 5.18. The number of furan rings is 1. The monoisotopic (exact) mass is 295 g/mol. The van der Waals surface area contributed by atoms with E-state index in [4.69, 9.17) is 4.42 Å². The summed E-state index contributed by atoms with van der Waals surface area (Å²) in [6.45, 7) is 0.848. The molecule has 106 valence electrons. The largest absolute Gasteiger partial charge is 0.464 e. The number of thioether (sulfide) groups is 1. The van der Waals surface area contributed by atoms with Crippen molar-refractivity contribution in [1.82, 2.24) is 5.32 Å². The molecular formula is C18H17NOS. The standard InChI is InChI=1S/C18H17NOS/c1-3-7-17-14(5-1)13(12-20-17)11-19-16-9-10-21-18-8-4-2-6-15(16)18/h1-8,12,16,19H,9-11H2. The topological polar surface area (TPSA) is 25.2 Å². The number of hydrogen-bond donors (Lipinski definition) is 1. The van der Waals surface area contributed by atoms with Crippen molar-refractivity contribution in [3.8, 4) is 0 Å². The highest BCUT2D eigenvalue weighted by Gasteiger charge is 2.20. The van der Waals surface area contributed by atoms with E-state index in [1.165, 1.54) is 33.6 Å². The quantitative estimate of drug-likeness (QED) is 0.754. The Labute approximate surface area is 128 Å². The molecule has 1 aromatic heterocycles. The Balaban J connectivity index is 1.55. The molecule has 21 heavy (non-hydrogen) atoms. The van der Waals surface area contributed by atoms with Crippen molar-refractivity contribution < 1.29 is 4.42 Å². The average Bonchev–Trinajstić information content (AvgIpc) is 2.96. The highest BCUT2D eigenvalue weighted by Crippen LogP contribution is 2.36. The van der Waals surface area contributed by atoms with E-state index >= 15 is 0 Å². The first-order chi connectivity index (χ1) is 10.4. The van der Waals surface area contributed by atoms with Gasteiger partial charge in [-0.25, -0.2) is 0 Å². The maximum atomic E-state index is 5.61. The van der Waals surface area contributed by atoms with Crippen LogP contribution in [0.5, 0.6) is 0 Å². The lowest BCUT2D eigenvalue weighted by Crippen LogP contribution is -2.24. The van der Waals surface area contributed by atoms with E-state index in [1.807, 2.05) is 30.2 Å². The molecule has 3 aromatic rings. The number of para-hydroxylation sites is 1. The van der Waals surface area contributed by atoms with Crippen molar-refractivity contribution in [1.29, 1.82) is 0 Å². The second kappa shape index (κ2) is 5.58. The van der Waals surface area contributed by atoms with E-state index in [1.54, 1.807) is 0 Å². The van der Waals surface area contributed by atoms with E-state index in [2.05, 4.69) is 41.7 Å². The lowest BCUT2D eigenvalue weighted by Gasteiger charge is -2.25. The zero-order valence-electron chi connectivity index (χ0n) is 11.7. The van der Waals surface area contributed by atoms with Crippen LogP contribution in [-0.2, 0) is 6.54 Å². The fourth-order valence-corrected chi connectivity index (χ4v) is 4.08. The van der Waals surface area contributed by atoms with Crippen molar-refractivity contribution in [2.45, 2.75) is 23.9 Å². The van der Waals surface area contributed by atoms with Gasteiger partial charge < -0.3 is 9.73 Å². The Morgan fingerprint density at radius 1 is 1.10 bits per heavy atom. The second-order valence-electron chi connectivity index (χ2n) is 5.37. The van der Waals surface area contributed by atoms with Gasteiger partial charge in [0.2, 0.25) is 0 Å². The Hall–Kier alpha value is -1.71.